The van der Waals surface area contributed by atoms with Crippen LogP contribution in [-0.2, 0) is 23.3 Å². The van der Waals surface area contributed by atoms with E-state index in [1.54, 1.807) is 0 Å². The molecule has 0 unspecified atom stereocenters. The summed E-state index contributed by atoms with van der Waals surface area (Å²) in [5.41, 5.74) is 2.98. The molecule has 1 aliphatic heterocycles. The molecule has 6 nitrogen and oxygen atoms in total. The van der Waals surface area contributed by atoms with Gasteiger partial charge in [0, 0.05) is 19.0 Å². The van der Waals surface area contributed by atoms with Gasteiger partial charge in [-0.1, -0.05) is 23.9 Å². The Balaban J connectivity index is 1.61. The molecule has 0 amide bonds. The van der Waals surface area contributed by atoms with Gasteiger partial charge in [0.25, 0.3) is 0 Å². The van der Waals surface area contributed by atoms with Crippen molar-refractivity contribution >= 4 is 27.4 Å². The van der Waals surface area contributed by atoms with Crippen LogP contribution in [0.15, 0.2) is 23.4 Å². The Bertz CT molecular complexity index is 935. The van der Waals surface area contributed by atoms with Gasteiger partial charge in [-0.05, 0) is 43.4 Å². The van der Waals surface area contributed by atoms with Crippen LogP contribution in [0.3, 0.4) is 0 Å². The van der Waals surface area contributed by atoms with E-state index < -0.39 is 9.84 Å². The molecule has 140 valence electrons. The Morgan fingerprint density at radius 3 is 2.69 bits per heavy atom. The molecule has 1 atom stereocenters. The maximum absolute atomic E-state index is 12.4. The highest BCUT2D eigenvalue weighted by Gasteiger charge is 2.29. The first-order chi connectivity index (χ1) is 12.2. The summed E-state index contributed by atoms with van der Waals surface area (Å²) < 4.78 is 25.1. The predicted molar refractivity (Wildman–Crippen MR) is 102 cm³/mol. The molecule has 0 bridgehead atoms. The fourth-order valence-corrected chi connectivity index (χ4v) is 5.75. The topological polar surface area (TPSA) is 81.9 Å². The zero-order chi connectivity index (χ0) is 18.9. The lowest BCUT2D eigenvalue weighted by molar-refractivity contribution is 0.102. The van der Waals surface area contributed by atoms with E-state index in [-0.39, 0.29) is 23.2 Å². The predicted octanol–water partition coefficient (Wildman–Crippen LogP) is 2.38. The highest BCUT2D eigenvalue weighted by molar-refractivity contribution is 7.99. The fraction of sp³-hybridized carbons (Fsp3) is 0.500. The molecule has 1 saturated heterocycles. The third-order valence-corrected chi connectivity index (χ3v) is 7.74. The van der Waals surface area contributed by atoms with Crippen molar-refractivity contribution in [3.8, 4) is 0 Å². The van der Waals surface area contributed by atoms with Gasteiger partial charge in [-0.3, -0.25) is 4.79 Å². The number of hydrogen-bond donors (Lipinski definition) is 0. The molecule has 0 spiro atoms. The van der Waals surface area contributed by atoms with Gasteiger partial charge in [0.1, 0.15) is 5.82 Å². The molecule has 0 aliphatic carbocycles. The molecule has 26 heavy (non-hydrogen) atoms. The van der Waals surface area contributed by atoms with Crippen molar-refractivity contribution in [1.82, 2.24) is 14.8 Å². The lowest BCUT2D eigenvalue weighted by Crippen LogP contribution is -2.11. The smallest absolute Gasteiger partial charge is 0.191 e. The molecule has 1 fully saturated rings. The summed E-state index contributed by atoms with van der Waals surface area (Å²) >= 11 is 1.36. The molecular formula is C18H23N3O3S2. The summed E-state index contributed by atoms with van der Waals surface area (Å²) in [6.45, 7) is 4.02. The van der Waals surface area contributed by atoms with Crippen molar-refractivity contribution in [1.29, 1.82) is 0 Å². The van der Waals surface area contributed by atoms with Crippen molar-refractivity contribution in [2.24, 2.45) is 13.0 Å². The molecule has 0 saturated carbocycles. The average Bonchev–Trinajstić information content (AvgIpc) is 3.10. The lowest BCUT2D eigenvalue weighted by Gasteiger charge is -2.08. The minimum absolute atomic E-state index is 0.0598. The number of sulfone groups is 1. The molecule has 0 radical (unpaired) electrons. The van der Waals surface area contributed by atoms with E-state index in [0.29, 0.717) is 29.3 Å². The molecule has 1 aromatic carbocycles. The Hall–Kier alpha value is -1.67. The Labute approximate surface area is 158 Å². The van der Waals surface area contributed by atoms with E-state index in [9.17, 15) is 13.2 Å². The molecule has 1 aromatic heterocycles. The van der Waals surface area contributed by atoms with Crippen molar-refractivity contribution in [3.05, 3.63) is 40.7 Å². The SMILES string of the molecule is Cc1ccc(C(=O)CSc2nnc(C[C@@H]3CCS(=O)(=O)C3)n2C)cc1C. The van der Waals surface area contributed by atoms with E-state index in [1.807, 2.05) is 43.7 Å². The zero-order valence-electron chi connectivity index (χ0n) is 15.2. The maximum Gasteiger partial charge on any atom is 0.191 e. The van der Waals surface area contributed by atoms with Gasteiger partial charge in [0.05, 0.1) is 17.3 Å². The number of aromatic nitrogens is 3. The summed E-state index contributed by atoms with van der Waals surface area (Å²) in [6.07, 6.45) is 1.29. The molecule has 2 heterocycles. The van der Waals surface area contributed by atoms with E-state index in [4.69, 9.17) is 0 Å². The van der Waals surface area contributed by atoms with Crippen LogP contribution in [0.25, 0.3) is 0 Å². The molecule has 3 rings (SSSR count). The Morgan fingerprint density at radius 1 is 1.27 bits per heavy atom. The van der Waals surface area contributed by atoms with Crippen LogP contribution < -0.4 is 0 Å². The number of nitrogens with zero attached hydrogens (tertiary/aromatic N) is 3. The van der Waals surface area contributed by atoms with Gasteiger partial charge in [-0.15, -0.1) is 10.2 Å². The molecular weight excluding hydrogens is 370 g/mol. The van der Waals surface area contributed by atoms with Crippen molar-refractivity contribution in [2.75, 3.05) is 17.3 Å². The minimum Gasteiger partial charge on any atom is -0.309 e. The Morgan fingerprint density at radius 2 is 2.04 bits per heavy atom. The first-order valence-corrected chi connectivity index (χ1v) is 11.4. The van der Waals surface area contributed by atoms with Crippen LogP contribution in [0.4, 0.5) is 0 Å². The van der Waals surface area contributed by atoms with E-state index in [2.05, 4.69) is 10.2 Å². The second-order valence-corrected chi connectivity index (χ2v) is 10.1. The van der Waals surface area contributed by atoms with Gasteiger partial charge >= 0.3 is 0 Å². The summed E-state index contributed by atoms with van der Waals surface area (Å²) in [7, 11) is -1.02. The molecule has 8 heteroatoms. The number of thioether (sulfide) groups is 1. The monoisotopic (exact) mass is 393 g/mol. The van der Waals surface area contributed by atoms with E-state index in [1.165, 1.54) is 17.3 Å². The highest BCUT2D eigenvalue weighted by atomic mass is 32.2. The van der Waals surface area contributed by atoms with Crippen LogP contribution >= 0.6 is 11.8 Å². The summed E-state index contributed by atoms with van der Waals surface area (Å²) in [6, 6.07) is 5.73. The second-order valence-electron chi connectivity index (χ2n) is 6.94. The number of aryl methyl sites for hydroxylation is 2. The average molecular weight is 394 g/mol. The zero-order valence-corrected chi connectivity index (χ0v) is 16.9. The molecule has 1 aliphatic rings. The van der Waals surface area contributed by atoms with Crippen molar-refractivity contribution in [3.63, 3.8) is 0 Å². The highest BCUT2D eigenvalue weighted by Crippen LogP contribution is 2.24. The van der Waals surface area contributed by atoms with Gasteiger partial charge in [0.15, 0.2) is 20.8 Å². The number of hydrogen-bond acceptors (Lipinski definition) is 6. The van der Waals surface area contributed by atoms with E-state index in [0.717, 1.165) is 11.4 Å². The number of ketones is 1. The van der Waals surface area contributed by atoms with Gasteiger partial charge in [-0.25, -0.2) is 8.42 Å². The lowest BCUT2D eigenvalue weighted by atomic mass is 10.0. The third-order valence-electron chi connectivity index (χ3n) is 4.88. The number of carbonyl (C=O) groups is 1. The standard InChI is InChI=1S/C18H23N3O3S2/c1-12-4-5-15(8-13(12)2)16(22)10-25-18-20-19-17(21(18)3)9-14-6-7-26(23,24)11-14/h4-5,8,14H,6-7,9-11H2,1-3H3/t14-/m0/s1. The summed E-state index contributed by atoms with van der Waals surface area (Å²) in [5.74, 6) is 1.73. The van der Waals surface area contributed by atoms with Gasteiger partial charge in [0.2, 0.25) is 0 Å². The van der Waals surface area contributed by atoms with Crippen LogP contribution in [0, 0.1) is 19.8 Å². The number of Topliss-reactive ketones (excluding diaryl/α,β-unsaturated/α-hetero) is 1. The number of carbonyl (C=O) groups excluding carboxylic acids is 1. The van der Waals surface area contributed by atoms with Crippen molar-refractivity contribution in [2.45, 2.75) is 31.8 Å². The largest absolute Gasteiger partial charge is 0.309 e. The number of rotatable bonds is 6. The first-order valence-electron chi connectivity index (χ1n) is 8.57. The minimum atomic E-state index is -2.89. The van der Waals surface area contributed by atoms with Gasteiger partial charge in [-0.2, -0.15) is 0 Å². The normalized spacial score (nSPS) is 19.0. The first kappa shape index (κ1) is 19.1. The molecule has 0 N–H and O–H groups in total. The quantitative estimate of drug-likeness (QED) is 0.554. The number of benzene rings is 1. The fourth-order valence-electron chi connectivity index (χ4n) is 3.07. The van der Waals surface area contributed by atoms with Crippen LogP contribution in [0.1, 0.15) is 33.7 Å². The van der Waals surface area contributed by atoms with Crippen LogP contribution in [0.2, 0.25) is 0 Å². The van der Waals surface area contributed by atoms with E-state index >= 15 is 0 Å². The molecule has 2 aromatic rings. The van der Waals surface area contributed by atoms with Gasteiger partial charge < -0.3 is 4.57 Å². The third kappa shape index (κ3) is 4.35. The second kappa shape index (κ2) is 7.52. The maximum atomic E-state index is 12.4. The Kier molecular flexibility index (Phi) is 5.53. The summed E-state index contributed by atoms with van der Waals surface area (Å²) in [4.78, 5) is 12.4. The van der Waals surface area contributed by atoms with Crippen LogP contribution in [-0.4, -0.2) is 46.2 Å². The summed E-state index contributed by atoms with van der Waals surface area (Å²) in [5, 5.41) is 9.03. The van der Waals surface area contributed by atoms with Crippen molar-refractivity contribution < 1.29 is 13.2 Å². The van der Waals surface area contributed by atoms with Crippen LogP contribution in [0.5, 0.6) is 0 Å².